The molecule has 2 rings (SSSR count). The highest BCUT2D eigenvalue weighted by molar-refractivity contribution is 7.92. The fourth-order valence-electron chi connectivity index (χ4n) is 2.44. The van der Waals surface area contributed by atoms with E-state index in [0.29, 0.717) is 16.8 Å². The van der Waals surface area contributed by atoms with Gasteiger partial charge in [0.15, 0.2) is 0 Å². The number of carbonyl (C=O) groups excluding carboxylic acids is 1. The van der Waals surface area contributed by atoms with Gasteiger partial charge in [0.25, 0.3) is 15.9 Å². The van der Waals surface area contributed by atoms with Crippen molar-refractivity contribution >= 4 is 21.6 Å². The van der Waals surface area contributed by atoms with Gasteiger partial charge in [0, 0.05) is 18.2 Å². The molecular formula is C19H24N2O3S. The average molecular weight is 360 g/mol. The lowest BCUT2D eigenvalue weighted by Gasteiger charge is -2.23. The second-order valence-electron chi connectivity index (χ2n) is 6.99. The average Bonchev–Trinajstić information content (AvgIpc) is 2.53. The molecule has 6 heteroatoms. The number of anilines is 1. The van der Waals surface area contributed by atoms with Crippen molar-refractivity contribution in [2.24, 2.45) is 0 Å². The second-order valence-corrected chi connectivity index (χ2v) is 8.96. The Hall–Kier alpha value is -2.34. The molecule has 5 nitrogen and oxygen atoms in total. The van der Waals surface area contributed by atoms with E-state index in [1.54, 1.807) is 55.5 Å². The van der Waals surface area contributed by atoms with Crippen molar-refractivity contribution in [3.63, 3.8) is 0 Å². The molecule has 2 aromatic carbocycles. The molecule has 0 heterocycles. The van der Waals surface area contributed by atoms with E-state index in [1.165, 1.54) is 11.4 Å². The van der Waals surface area contributed by atoms with Gasteiger partial charge in [-0.3, -0.25) is 9.10 Å². The molecule has 0 spiro atoms. The molecule has 0 saturated heterocycles. The molecule has 0 atom stereocenters. The first-order valence-corrected chi connectivity index (χ1v) is 9.43. The lowest BCUT2D eigenvalue weighted by Crippen LogP contribution is -2.40. The maximum absolute atomic E-state index is 12.7. The number of hydrogen-bond donors (Lipinski definition) is 1. The first-order valence-electron chi connectivity index (χ1n) is 7.99. The van der Waals surface area contributed by atoms with Gasteiger partial charge in [0.05, 0.1) is 10.6 Å². The molecule has 1 N–H and O–H groups in total. The lowest BCUT2D eigenvalue weighted by molar-refractivity contribution is 0.0919. The molecule has 134 valence electrons. The van der Waals surface area contributed by atoms with Gasteiger partial charge in [-0.2, -0.15) is 0 Å². The summed E-state index contributed by atoms with van der Waals surface area (Å²) in [5.41, 5.74) is 1.42. The first-order chi connectivity index (χ1) is 11.5. The van der Waals surface area contributed by atoms with Gasteiger partial charge in [-0.25, -0.2) is 8.42 Å². The SMILES string of the molecule is Cc1cc(C(=O)NC(C)(C)C)ccc1N(C)S(=O)(=O)c1ccccc1. The molecule has 0 aliphatic carbocycles. The minimum absolute atomic E-state index is 0.185. The Morgan fingerprint density at radius 2 is 1.64 bits per heavy atom. The van der Waals surface area contributed by atoms with Crippen LogP contribution in [0.25, 0.3) is 0 Å². The molecular weight excluding hydrogens is 336 g/mol. The second kappa shape index (κ2) is 6.88. The minimum Gasteiger partial charge on any atom is -0.347 e. The van der Waals surface area contributed by atoms with Crippen LogP contribution in [-0.4, -0.2) is 26.9 Å². The maximum Gasteiger partial charge on any atom is 0.264 e. The van der Waals surface area contributed by atoms with Crippen LogP contribution in [0.3, 0.4) is 0 Å². The van der Waals surface area contributed by atoms with E-state index < -0.39 is 10.0 Å². The van der Waals surface area contributed by atoms with Gasteiger partial charge in [-0.15, -0.1) is 0 Å². The number of nitrogens with one attached hydrogen (secondary N) is 1. The largest absolute Gasteiger partial charge is 0.347 e. The van der Waals surface area contributed by atoms with Crippen LogP contribution in [0.1, 0.15) is 36.7 Å². The first kappa shape index (κ1) is 19.0. The quantitative estimate of drug-likeness (QED) is 0.909. The van der Waals surface area contributed by atoms with Crippen molar-refractivity contribution in [1.29, 1.82) is 0 Å². The van der Waals surface area contributed by atoms with E-state index in [0.717, 1.165) is 0 Å². The van der Waals surface area contributed by atoms with Crippen LogP contribution < -0.4 is 9.62 Å². The number of aryl methyl sites for hydroxylation is 1. The normalized spacial score (nSPS) is 11.9. The van der Waals surface area contributed by atoms with Crippen molar-refractivity contribution in [2.45, 2.75) is 38.1 Å². The van der Waals surface area contributed by atoms with Crippen LogP contribution in [0, 0.1) is 6.92 Å². The fraction of sp³-hybridized carbons (Fsp3) is 0.316. The number of rotatable bonds is 4. The van der Waals surface area contributed by atoms with Crippen molar-refractivity contribution in [1.82, 2.24) is 5.32 Å². The highest BCUT2D eigenvalue weighted by atomic mass is 32.2. The predicted molar refractivity (Wildman–Crippen MR) is 100 cm³/mol. The predicted octanol–water partition coefficient (Wildman–Crippen LogP) is 3.35. The summed E-state index contributed by atoms with van der Waals surface area (Å²) in [6, 6.07) is 13.3. The molecule has 0 radical (unpaired) electrons. The number of carbonyl (C=O) groups is 1. The minimum atomic E-state index is -3.64. The van der Waals surface area contributed by atoms with E-state index in [1.807, 2.05) is 20.8 Å². The molecule has 0 aromatic heterocycles. The number of hydrogen-bond acceptors (Lipinski definition) is 3. The molecule has 0 aliphatic heterocycles. The highest BCUT2D eigenvalue weighted by Crippen LogP contribution is 2.26. The summed E-state index contributed by atoms with van der Waals surface area (Å²) in [7, 11) is -2.13. The molecule has 0 fully saturated rings. The van der Waals surface area contributed by atoms with Crippen LogP contribution >= 0.6 is 0 Å². The van der Waals surface area contributed by atoms with Crippen LogP contribution in [0.15, 0.2) is 53.4 Å². The molecule has 2 aromatic rings. The molecule has 0 bridgehead atoms. The van der Waals surface area contributed by atoms with Gasteiger partial charge in [0.1, 0.15) is 0 Å². The number of amides is 1. The zero-order valence-electron chi connectivity index (χ0n) is 15.2. The Kier molecular flexibility index (Phi) is 5.23. The van der Waals surface area contributed by atoms with Gasteiger partial charge in [0.2, 0.25) is 0 Å². The lowest BCUT2D eigenvalue weighted by atomic mass is 10.1. The molecule has 25 heavy (non-hydrogen) atoms. The van der Waals surface area contributed by atoms with E-state index in [4.69, 9.17) is 0 Å². The smallest absolute Gasteiger partial charge is 0.264 e. The molecule has 0 saturated carbocycles. The summed E-state index contributed by atoms with van der Waals surface area (Å²) in [6.45, 7) is 7.52. The summed E-state index contributed by atoms with van der Waals surface area (Å²) >= 11 is 0. The summed E-state index contributed by atoms with van der Waals surface area (Å²) in [5.74, 6) is -0.185. The van der Waals surface area contributed by atoms with E-state index in [2.05, 4.69) is 5.32 Å². The van der Waals surface area contributed by atoms with E-state index in [-0.39, 0.29) is 16.3 Å². The van der Waals surface area contributed by atoms with Crippen molar-refractivity contribution < 1.29 is 13.2 Å². The zero-order valence-corrected chi connectivity index (χ0v) is 16.0. The Labute approximate surface area is 149 Å². The molecule has 0 unspecified atom stereocenters. The Bertz CT molecular complexity index is 869. The fourth-order valence-corrected chi connectivity index (χ4v) is 3.72. The van der Waals surface area contributed by atoms with Gasteiger partial charge < -0.3 is 5.32 Å². The topological polar surface area (TPSA) is 66.5 Å². The summed E-state index contributed by atoms with van der Waals surface area (Å²) in [6.07, 6.45) is 0. The van der Waals surface area contributed by atoms with Crippen LogP contribution in [0.5, 0.6) is 0 Å². The Morgan fingerprint density at radius 1 is 1.04 bits per heavy atom. The monoisotopic (exact) mass is 360 g/mol. The summed E-state index contributed by atoms with van der Waals surface area (Å²) < 4.78 is 26.7. The third-order valence-electron chi connectivity index (χ3n) is 3.69. The van der Waals surface area contributed by atoms with Crippen molar-refractivity contribution in [3.8, 4) is 0 Å². The highest BCUT2D eigenvalue weighted by Gasteiger charge is 2.23. The van der Waals surface area contributed by atoms with Gasteiger partial charge in [-0.1, -0.05) is 18.2 Å². The van der Waals surface area contributed by atoms with E-state index >= 15 is 0 Å². The standard InChI is InChI=1S/C19H24N2O3S/c1-14-13-15(18(22)20-19(2,3)4)11-12-17(14)21(5)25(23,24)16-9-7-6-8-10-16/h6-13H,1-5H3,(H,20,22). The maximum atomic E-state index is 12.7. The third kappa shape index (κ3) is 4.39. The van der Waals surface area contributed by atoms with Gasteiger partial charge >= 0.3 is 0 Å². The number of nitrogens with zero attached hydrogens (tertiary/aromatic N) is 1. The van der Waals surface area contributed by atoms with Gasteiger partial charge in [-0.05, 0) is 63.6 Å². The van der Waals surface area contributed by atoms with Crippen LogP contribution in [0.2, 0.25) is 0 Å². The van der Waals surface area contributed by atoms with Crippen LogP contribution in [0.4, 0.5) is 5.69 Å². The Morgan fingerprint density at radius 3 is 2.16 bits per heavy atom. The van der Waals surface area contributed by atoms with E-state index in [9.17, 15) is 13.2 Å². The third-order valence-corrected chi connectivity index (χ3v) is 5.47. The molecule has 0 aliphatic rings. The molecule has 1 amide bonds. The van der Waals surface area contributed by atoms with Crippen LogP contribution in [-0.2, 0) is 10.0 Å². The number of sulfonamides is 1. The van der Waals surface area contributed by atoms with Crippen molar-refractivity contribution in [3.05, 3.63) is 59.7 Å². The Balaban J connectivity index is 2.33. The zero-order chi connectivity index (χ0) is 18.8. The number of benzene rings is 2. The van der Waals surface area contributed by atoms with Crippen molar-refractivity contribution in [2.75, 3.05) is 11.4 Å². The summed E-state index contributed by atoms with van der Waals surface area (Å²) in [5, 5.41) is 2.90. The summed E-state index contributed by atoms with van der Waals surface area (Å²) in [4.78, 5) is 12.5.